The van der Waals surface area contributed by atoms with E-state index < -0.39 is 0 Å². The number of amides is 2. The predicted octanol–water partition coefficient (Wildman–Crippen LogP) is 3.96. The molecule has 1 N–H and O–H groups in total. The number of nitrogens with zero attached hydrogens (tertiary/aromatic N) is 2. The molecule has 0 radical (unpaired) electrons. The highest BCUT2D eigenvalue weighted by molar-refractivity contribution is 5.90. The summed E-state index contributed by atoms with van der Waals surface area (Å²) in [6, 6.07) is 14.7. The van der Waals surface area contributed by atoms with Gasteiger partial charge in [0.25, 0.3) is 0 Å². The highest BCUT2D eigenvalue weighted by Gasteiger charge is 2.21. The molecule has 0 bridgehead atoms. The summed E-state index contributed by atoms with van der Waals surface area (Å²) in [5, 5.41) is 3.06. The molecule has 0 unspecified atom stereocenters. The fourth-order valence-corrected chi connectivity index (χ4v) is 3.14. The number of rotatable bonds is 3. The standard InChI is InChI=1S/C21H27N3O/c1-16-7-9-19(10-8-16)15-23-11-13-24(14-12-23)21(25)22-20-6-4-5-17(2)18(20)3/h4-10H,11-15H2,1-3H3,(H,22,25). The fraction of sp³-hybridized carbons (Fsp3) is 0.381. The number of piperazine rings is 1. The summed E-state index contributed by atoms with van der Waals surface area (Å²) in [5.41, 5.74) is 5.86. The first kappa shape index (κ1) is 17.5. The number of hydrogen-bond acceptors (Lipinski definition) is 2. The Kier molecular flexibility index (Phi) is 5.39. The van der Waals surface area contributed by atoms with E-state index in [1.807, 2.05) is 24.0 Å². The van der Waals surface area contributed by atoms with E-state index >= 15 is 0 Å². The Bertz CT molecular complexity index is 731. The van der Waals surface area contributed by atoms with E-state index in [-0.39, 0.29) is 6.03 Å². The number of carbonyl (C=O) groups excluding carboxylic acids is 1. The molecular formula is C21H27N3O. The molecule has 132 valence electrons. The third-order valence-corrected chi connectivity index (χ3v) is 5.03. The van der Waals surface area contributed by atoms with Crippen molar-refractivity contribution in [1.29, 1.82) is 0 Å². The number of carbonyl (C=O) groups is 1. The number of nitrogens with one attached hydrogen (secondary N) is 1. The summed E-state index contributed by atoms with van der Waals surface area (Å²) in [6.45, 7) is 10.5. The Morgan fingerprint density at radius 1 is 0.960 bits per heavy atom. The molecule has 0 aromatic heterocycles. The third-order valence-electron chi connectivity index (χ3n) is 5.03. The molecule has 2 aromatic carbocycles. The van der Waals surface area contributed by atoms with E-state index in [2.05, 4.69) is 54.4 Å². The number of hydrogen-bond donors (Lipinski definition) is 1. The first-order valence-corrected chi connectivity index (χ1v) is 8.93. The van der Waals surface area contributed by atoms with Crippen molar-refractivity contribution in [3.63, 3.8) is 0 Å². The van der Waals surface area contributed by atoms with Gasteiger partial charge in [-0.1, -0.05) is 42.0 Å². The van der Waals surface area contributed by atoms with E-state index in [1.165, 1.54) is 16.7 Å². The molecule has 1 fully saturated rings. The second-order valence-corrected chi connectivity index (χ2v) is 6.93. The van der Waals surface area contributed by atoms with E-state index in [1.54, 1.807) is 0 Å². The van der Waals surface area contributed by atoms with Gasteiger partial charge < -0.3 is 10.2 Å². The molecule has 4 nitrogen and oxygen atoms in total. The number of benzene rings is 2. The van der Waals surface area contributed by atoms with Crippen LogP contribution in [0.4, 0.5) is 10.5 Å². The van der Waals surface area contributed by atoms with Gasteiger partial charge in [0.15, 0.2) is 0 Å². The van der Waals surface area contributed by atoms with Gasteiger partial charge in [-0.25, -0.2) is 4.79 Å². The lowest BCUT2D eigenvalue weighted by Crippen LogP contribution is -2.49. The zero-order chi connectivity index (χ0) is 17.8. The Morgan fingerprint density at radius 2 is 1.64 bits per heavy atom. The van der Waals surface area contributed by atoms with Gasteiger partial charge in [0, 0.05) is 38.4 Å². The summed E-state index contributed by atoms with van der Waals surface area (Å²) in [4.78, 5) is 16.8. The van der Waals surface area contributed by atoms with Crippen LogP contribution in [0.15, 0.2) is 42.5 Å². The molecule has 2 aromatic rings. The second-order valence-electron chi connectivity index (χ2n) is 6.93. The van der Waals surface area contributed by atoms with Crippen molar-refractivity contribution in [2.45, 2.75) is 27.3 Å². The number of aryl methyl sites for hydroxylation is 2. The van der Waals surface area contributed by atoms with Crippen LogP contribution < -0.4 is 5.32 Å². The summed E-state index contributed by atoms with van der Waals surface area (Å²) >= 11 is 0. The van der Waals surface area contributed by atoms with E-state index in [9.17, 15) is 4.79 Å². The molecule has 4 heteroatoms. The van der Waals surface area contributed by atoms with E-state index in [0.29, 0.717) is 0 Å². The fourth-order valence-electron chi connectivity index (χ4n) is 3.14. The molecule has 3 rings (SSSR count). The second kappa shape index (κ2) is 7.70. The van der Waals surface area contributed by atoms with Crippen LogP contribution in [0.1, 0.15) is 22.3 Å². The molecule has 1 aliphatic heterocycles. The lowest BCUT2D eigenvalue weighted by molar-refractivity contribution is 0.143. The zero-order valence-corrected chi connectivity index (χ0v) is 15.4. The van der Waals surface area contributed by atoms with Crippen LogP contribution in [-0.4, -0.2) is 42.0 Å². The van der Waals surface area contributed by atoms with Crippen LogP contribution in [-0.2, 0) is 6.54 Å². The highest BCUT2D eigenvalue weighted by Crippen LogP contribution is 2.19. The molecule has 2 amide bonds. The minimum Gasteiger partial charge on any atom is -0.322 e. The lowest BCUT2D eigenvalue weighted by Gasteiger charge is -2.34. The predicted molar refractivity (Wildman–Crippen MR) is 103 cm³/mol. The Morgan fingerprint density at radius 3 is 2.32 bits per heavy atom. The molecule has 1 aliphatic rings. The van der Waals surface area contributed by atoms with Crippen molar-refractivity contribution in [1.82, 2.24) is 9.80 Å². The average molecular weight is 337 g/mol. The van der Waals surface area contributed by atoms with Crippen molar-refractivity contribution < 1.29 is 4.79 Å². The smallest absolute Gasteiger partial charge is 0.321 e. The maximum atomic E-state index is 12.5. The maximum absolute atomic E-state index is 12.5. The van der Waals surface area contributed by atoms with Gasteiger partial charge in [-0.2, -0.15) is 0 Å². The first-order chi connectivity index (χ1) is 12.0. The molecule has 0 spiro atoms. The topological polar surface area (TPSA) is 35.6 Å². The number of anilines is 1. The first-order valence-electron chi connectivity index (χ1n) is 8.93. The van der Waals surface area contributed by atoms with Gasteiger partial charge in [-0.3, -0.25) is 4.90 Å². The van der Waals surface area contributed by atoms with Crippen LogP contribution in [0.5, 0.6) is 0 Å². The summed E-state index contributed by atoms with van der Waals surface area (Å²) in [7, 11) is 0. The van der Waals surface area contributed by atoms with Crippen molar-refractivity contribution >= 4 is 11.7 Å². The van der Waals surface area contributed by atoms with Gasteiger partial charge >= 0.3 is 6.03 Å². The number of urea groups is 1. The molecule has 25 heavy (non-hydrogen) atoms. The van der Waals surface area contributed by atoms with Gasteiger partial charge in [-0.05, 0) is 43.5 Å². The minimum atomic E-state index is 0.00341. The molecule has 1 saturated heterocycles. The quantitative estimate of drug-likeness (QED) is 0.920. The van der Waals surface area contributed by atoms with Crippen molar-refractivity contribution in [2.75, 3.05) is 31.5 Å². The summed E-state index contributed by atoms with van der Waals surface area (Å²) in [5.74, 6) is 0. The van der Waals surface area contributed by atoms with Crippen LogP contribution in [0.3, 0.4) is 0 Å². The highest BCUT2D eigenvalue weighted by atomic mass is 16.2. The third kappa shape index (κ3) is 4.40. The van der Waals surface area contributed by atoms with Crippen LogP contribution in [0.25, 0.3) is 0 Å². The minimum absolute atomic E-state index is 0.00341. The van der Waals surface area contributed by atoms with Crippen molar-refractivity contribution in [3.05, 3.63) is 64.7 Å². The van der Waals surface area contributed by atoms with E-state index in [0.717, 1.165) is 44.0 Å². The molecule has 1 heterocycles. The average Bonchev–Trinajstić information content (AvgIpc) is 2.61. The lowest BCUT2D eigenvalue weighted by atomic mass is 10.1. The van der Waals surface area contributed by atoms with Gasteiger partial charge in [-0.15, -0.1) is 0 Å². The molecule has 0 saturated carbocycles. The molecule has 0 aliphatic carbocycles. The SMILES string of the molecule is Cc1ccc(CN2CCN(C(=O)Nc3cccc(C)c3C)CC2)cc1. The Labute approximate surface area is 150 Å². The Balaban J connectivity index is 1.52. The van der Waals surface area contributed by atoms with Crippen LogP contribution in [0, 0.1) is 20.8 Å². The summed E-state index contributed by atoms with van der Waals surface area (Å²) in [6.07, 6.45) is 0. The van der Waals surface area contributed by atoms with Gasteiger partial charge in [0.1, 0.15) is 0 Å². The van der Waals surface area contributed by atoms with Gasteiger partial charge in [0.05, 0.1) is 0 Å². The van der Waals surface area contributed by atoms with Crippen molar-refractivity contribution in [3.8, 4) is 0 Å². The largest absolute Gasteiger partial charge is 0.322 e. The van der Waals surface area contributed by atoms with Crippen LogP contribution in [0.2, 0.25) is 0 Å². The maximum Gasteiger partial charge on any atom is 0.321 e. The van der Waals surface area contributed by atoms with Crippen LogP contribution >= 0.6 is 0 Å². The normalized spacial score (nSPS) is 15.2. The van der Waals surface area contributed by atoms with Crippen molar-refractivity contribution in [2.24, 2.45) is 0 Å². The Hall–Kier alpha value is -2.33. The molecular weight excluding hydrogens is 310 g/mol. The van der Waals surface area contributed by atoms with Gasteiger partial charge in [0.2, 0.25) is 0 Å². The monoisotopic (exact) mass is 337 g/mol. The zero-order valence-electron chi connectivity index (χ0n) is 15.4. The summed E-state index contributed by atoms with van der Waals surface area (Å²) < 4.78 is 0. The van der Waals surface area contributed by atoms with E-state index in [4.69, 9.17) is 0 Å². The molecule has 0 atom stereocenters.